The first-order chi connectivity index (χ1) is 12.5. The van der Waals surface area contributed by atoms with E-state index in [0.29, 0.717) is 5.69 Å². The molecule has 0 aliphatic carbocycles. The van der Waals surface area contributed by atoms with Crippen LogP contribution < -0.4 is 5.32 Å². The molecule has 0 aliphatic heterocycles. The predicted octanol–water partition coefficient (Wildman–Crippen LogP) is 3.21. The summed E-state index contributed by atoms with van der Waals surface area (Å²) in [6, 6.07) is 14.2. The van der Waals surface area contributed by atoms with E-state index in [1.165, 1.54) is 6.20 Å². The third-order valence-electron chi connectivity index (χ3n) is 4.00. The SMILES string of the molecule is Cc1ccc2cc(C(=O)[C@H](C#N)C(=O)Nc3ccccn3)c(C)nc2c1. The Kier molecular flexibility index (Phi) is 4.72. The van der Waals surface area contributed by atoms with Gasteiger partial charge in [0.1, 0.15) is 5.82 Å². The third-order valence-corrected chi connectivity index (χ3v) is 4.00. The van der Waals surface area contributed by atoms with Crippen LogP contribution in [-0.2, 0) is 4.79 Å². The van der Waals surface area contributed by atoms with Gasteiger partial charge in [0, 0.05) is 22.8 Å². The molecule has 1 amide bonds. The van der Waals surface area contributed by atoms with Gasteiger partial charge in [-0.3, -0.25) is 14.6 Å². The number of aromatic nitrogens is 2. The van der Waals surface area contributed by atoms with Crippen LogP contribution in [0.2, 0.25) is 0 Å². The van der Waals surface area contributed by atoms with Gasteiger partial charge in [-0.1, -0.05) is 18.2 Å². The van der Waals surface area contributed by atoms with Gasteiger partial charge in [-0.05, 0) is 43.7 Å². The van der Waals surface area contributed by atoms with E-state index < -0.39 is 17.6 Å². The van der Waals surface area contributed by atoms with Gasteiger partial charge in [-0.15, -0.1) is 0 Å². The minimum Gasteiger partial charge on any atom is -0.309 e. The molecule has 0 saturated heterocycles. The number of aryl methyl sites for hydroxylation is 2. The molecule has 0 aliphatic rings. The maximum Gasteiger partial charge on any atom is 0.250 e. The molecule has 0 spiro atoms. The number of benzene rings is 1. The minimum absolute atomic E-state index is 0.268. The van der Waals surface area contributed by atoms with Crippen LogP contribution in [0, 0.1) is 31.1 Å². The van der Waals surface area contributed by atoms with Crippen molar-refractivity contribution in [3.8, 4) is 6.07 Å². The number of hydrogen-bond donors (Lipinski definition) is 1. The van der Waals surface area contributed by atoms with Crippen LogP contribution in [0.25, 0.3) is 10.9 Å². The van der Waals surface area contributed by atoms with E-state index >= 15 is 0 Å². The number of hydrogen-bond acceptors (Lipinski definition) is 5. The van der Waals surface area contributed by atoms with Gasteiger partial charge in [0.2, 0.25) is 0 Å². The number of nitrogens with one attached hydrogen (secondary N) is 1. The maximum atomic E-state index is 12.8. The summed E-state index contributed by atoms with van der Waals surface area (Å²) in [6.07, 6.45) is 1.51. The number of carbonyl (C=O) groups is 2. The molecule has 0 unspecified atom stereocenters. The minimum atomic E-state index is -1.47. The summed E-state index contributed by atoms with van der Waals surface area (Å²) < 4.78 is 0. The van der Waals surface area contributed by atoms with Crippen LogP contribution in [0.4, 0.5) is 5.82 Å². The second-order valence-corrected chi connectivity index (χ2v) is 5.95. The Hall–Kier alpha value is -3.59. The normalized spacial score (nSPS) is 11.6. The van der Waals surface area contributed by atoms with Crippen molar-refractivity contribution < 1.29 is 9.59 Å². The van der Waals surface area contributed by atoms with Crippen LogP contribution in [0.1, 0.15) is 21.6 Å². The molecular formula is C20H16N4O2. The molecule has 1 aromatic carbocycles. The fraction of sp³-hybridized carbons (Fsp3) is 0.150. The summed E-state index contributed by atoms with van der Waals surface area (Å²) in [5.41, 5.74) is 2.58. The molecule has 0 radical (unpaired) electrons. The van der Waals surface area contributed by atoms with E-state index in [4.69, 9.17) is 0 Å². The topological polar surface area (TPSA) is 95.7 Å². The number of amides is 1. The molecular weight excluding hydrogens is 328 g/mol. The first kappa shape index (κ1) is 17.2. The summed E-state index contributed by atoms with van der Waals surface area (Å²) in [7, 11) is 0. The van der Waals surface area contributed by atoms with Gasteiger partial charge in [-0.25, -0.2) is 4.98 Å². The highest BCUT2D eigenvalue weighted by atomic mass is 16.2. The van der Waals surface area contributed by atoms with E-state index in [2.05, 4.69) is 15.3 Å². The van der Waals surface area contributed by atoms with Crippen molar-refractivity contribution in [2.75, 3.05) is 5.32 Å². The van der Waals surface area contributed by atoms with Crippen LogP contribution in [-0.4, -0.2) is 21.7 Å². The Balaban J connectivity index is 1.92. The Morgan fingerprint density at radius 3 is 2.65 bits per heavy atom. The van der Waals surface area contributed by atoms with Crippen LogP contribution >= 0.6 is 0 Å². The lowest BCUT2D eigenvalue weighted by atomic mass is 9.95. The number of rotatable bonds is 4. The summed E-state index contributed by atoms with van der Waals surface area (Å²) in [5.74, 6) is -2.47. The van der Waals surface area contributed by atoms with Crippen LogP contribution in [0.5, 0.6) is 0 Å². The number of Topliss-reactive ketones (excluding diaryl/α,β-unsaturated/α-hetero) is 1. The monoisotopic (exact) mass is 344 g/mol. The van der Waals surface area contributed by atoms with E-state index in [-0.39, 0.29) is 11.4 Å². The zero-order chi connectivity index (χ0) is 18.7. The smallest absolute Gasteiger partial charge is 0.250 e. The highest BCUT2D eigenvalue weighted by molar-refractivity contribution is 6.16. The zero-order valence-corrected chi connectivity index (χ0v) is 14.4. The molecule has 0 fully saturated rings. The van der Waals surface area contributed by atoms with E-state index in [0.717, 1.165) is 16.5 Å². The molecule has 1 N–H and O–H groups in total. The van der Waals surface area contributed by atoms with E-state index in [9.17, 15) is 14.9 Å². The predicted molar refractivity (Wildman–Crippen MR) is 97.5 cm³/mol. The van der Waals surface area contributed by atoms with Gasteiger partial charge in [0.25, 0.3) is 5.91 Å². The summed E-state index contributed by atoms with van der Waals surface area (Å²) in [4.78, 5) is 33.6. The molecule has 0 saturated carbocycles. The molecule has 6 heteroatoms. The average Bonchev–Trinajstić information content (AvgIpc) is 2.62. The Morgan fingerprint density at radius 2 is 1.96 bits per heavy atom. The largest absolute Gasteiger partial charge is 0.309 e. The molecule has 3 aromatic rings. The quantitative estimate of drug-likeness (QED) is 0.579. The van der Waals surface area contributed by atoms with Gasteiger partial charge in [-0.2, -0.15) is 5.26 Å². The number of nitriles is 1. The molecule has 3 rings (SSSR count). The fourth-order valence-electron chi connectivity index (χ4n) is 2.65. The second kappa shape index (κ2) is 7.11. The number of anilines is 1. The number of fused-ring (bicyclic) bond motifs is 1. The third kappa shape index (κ3) is 3.42. The number of ketones is 1. The molecule has 1 atom stereocenters. The average molecular weight is 344 g/mol. The standard InChI is InChI=1S/C20H16N4O2/c1-12-6-7-14-10-15(13(2)23-17(14)9-12)19(25)16(11-21)20(26)24-18-5-3-4-8-22-18/h3-10,16H,1-2H3,(H,22,24,26)/t16-/m0/s1. The first-order valence-corrected chi connectivity index (χ1v) is 8.03. The van der Waals surface area contributed by atoms with E-state index in [1.54, 1.807) is 37.3 Å². The number of nitrogens with zero attached hydrogens (tertiary/aromatic N) is 3. The second-order valence-electron chi connectivity index (χ2n) is 5.95. The van der Waals surface area contributed by atoms with E-state index in [1.807, 2.05) is 25.1 Å². The van der Waals surface area contributed by atoms with Crippen molar-refractivity contribution in [3.63, 3.8) is 0 Å². The summed E-state index contributed by atoms with van der Waals surface area (Å²) >= 11 is 0. The van der Waals surface area contributed by atoms with Crippen molar-refractivity contribution >= 4 is 28.4 Å². The van der Waals surface area contributed by atoms with Gasteiger partial charge in [0.15, 0.2) is 11.7 Å². The van der Waals surface area contributed by atoms with Crippen LogP contribution in [0.3, 0.4) is 0 Å². The Morgan fingerprint density at radius 1 is 1.15 bits per heavy atom. The van der Waals surface area contributed by atoms with Gasteiger partial charge in [0.05, 0.1) is 11.6 Å². The first-order valence-electron chi connectivity index (χ1n) is 8.03. The van der Waals surface area contributed by atoms with Crippen molar-refractivity contribution in [1.29, 1.82) is 5.26 Å². The Labute approximate surface area is 150 Å². The van der Waals surface area contributed by atoms with Crippen molar-refractivity contribution in [3.05, 3.63) is 65.5 Å². The molecule has 128 valence electrons. The highest BCUT2D eigenvalue weighted by Crippen LogP contribution is 2.21. The van der Waals surface area contributed by atoms with Crippen molar-refractivity contribution in [1.82, 2.24) is 9.97 Å². The molecule has 2 heterocycles. The zero-order valence-electron chi connectivity index (χ0n) is 14.4. The molecule has 26 heavy (non-hydrogen) atoms. The van der Waals surface area contributed by atoms with Crippen LogP contribution in [0.15, 0.2) is 48.7 Å². The lowest BCUT2D eigenvalue weighted by Crippen LogP contribution is -2.29. The lowest BCUT2D eigenvalue weighted by molar-refractivity contribution is -0.117. The van der Waals surface area contributed by atoms with Crippen molar-refractivity contribution in [2.45, 2.75) is 13.8 Å². The molecule has 2 aromatic heterocycles. The molecule has 6 nitrogen and oxygen atoms in total. The fourth-order valence-corrected chi connectivity index (χ4v) is 2.65. The van der Waals surface area contributed by atoms with Gasteiger partial charge >= 0.3 is 0 Å². The van der Waals surface area contributed by atoms with Crippen molar-refractivity contribution in [2.24, 2.45) is 5.92 Å². The number of pyridine rings is 2. The number of carbonyl (C=O) groups excluding carboxylic acids is 2. The van der Waals surface area contributed by atoms with Gasteiger partial charge < -0.3 is 5.32 Å². The maximum absolute atomic E-state index is 12.8. The summed E-state index contributed by atoms with van der Waals surface area (Å²) in [5, 5.41) is 12.7. The molecule has 0 bridgehead atoms. The lowest BCUT2D eigenvalue weighted by Gasteiger charge is -2.11. The highest BCUT2D eigenvalue weighted by Gasteiger charge is 2.29. The Bertz CT molecular complexity index is 1040. The summed E-state index contributed by atoms with van der Waals surface area (Å²) in [6.45, 7) is 3.66.